The van der Waals surface area contributed by atoms with E-state index in [1.54, 1.807) is 4.68 Å². The number of amides is 1. The van der Waals surface area contributed by atoms with Crippen molar-refractivity contribution < 1.29 is 4.79 Å². The molecule has 0 aliphatic heterocycles. The molecule has 6 heteroatoms. The van der Waals surface area contributed by atoms with E-state index in [1.807, 2.05) is 38.1 Å². The van der Waals surface area contributed by atoms with Gasteiger partial charge in [0.2, 0.25) is 0 Å². The Morgan fingerprint density at radius 3 is 2.85 bits per heavy atom. The quantitative estimate of drug-likeness (QED) is 0.901. The van der Waals surface area contributed by atoms with Crippen LogP contribution in [0.5, 0.6) is 0 Å². The molecule has 106 valence electrons. The van der Waals surface area contributed by atoms with Gasteiger partial charge in [0.05, 0.1) is 17.9 Å². The van der Waals surface area contributed by atoms with Crippen LogP contribution in [0.25, 0.3) is 0 Å². The third-order valence-corrected chi connectivity index (χ3v) is 3.82. The van der Waals surface area contributed by atoms with Gasteiger partial charge in [-0.05, 0) is 25.5 Å². The molecule has 3 N–H and O–H groups in total. The second-order valence-corrected chi connectivity index (χ2v) is 5.34. The van der Waals surface area contributed by atoms with Crippen LogP contribution in [-0.4, -0.2) is 15.7 Å². The molecule has 1 aromatic carbocycles. The molecule has 1 heterocycles. The SMILES string of the molecule is CCn1ncc(N)c1C(=O)NC(C)c1ccccc1Br. The summed E-state index contributed by atoms with van der Waals surface area (Å²) in [5.41, 5.74) is 7.63. The summed E-state index contributed by atoms with van der Waals surface area (Å²) >= 11 is 3.48. The summed E-state index contributed by atoms with van der Waals surface area (Å²) in [6, 6.07) is 7.66. The largest absolute Gasteiger partial charge is 0.396 e. The van der Waals surface area contributed by atoms with Crippen LogP contribution in [0, 0.1) is 0 Å². The van der Waals surface area contributed by atoms with E-state index >= 15 is 0 Å². The standard InChI is InChI=1S/C14H17BrN4O/c1-3-19-13(12(16)8-17-19)14(20)18-9(2)10-6-4-5-7-11(10)15/h4-9H,3,16H2,1-2H3,(H,18,20). The molecule has 0 radical (unpaired) electrons. The Morgan fingerprint density at radius 2 is 2.20 bits per heavy atom. The van der Waals surface area contributed by atoms with Gasteiger partial charge in [0, 0.05) is 11.0 Å². The van der Waals surface area contributed by atoms with Crippen molar-refractivity contribution in [2.75, 3.05) is 5.73 Å². The highest BCUT2D eigenvalue weighted by molar-refractivity contribution is 9.10. The fourth-order valence-electron chi connectivity index (χ4n) is 2.06. The Labute approximate surface area is 126 Å². The number of benzene rings is 1. The third-order valence-electron chi connectivity index (χ3n) is 3.10. The molecule has 0 saturated carbocycles. The van der Waals surface area contributed by atoms with Crippen molar-refractivity contribution in [3.8, 4) is 0 Å². The minimum atomic E-state index is -0.217. The number of halogens is 1. The number of carbonyl (C=O) groups is 1. The highest BCUT2D eigenvalue weighted by Gasteiger charge is 2.19. The number of nitrogens with one attached hydrogen (secondary N) is 1. The molecule has 0 spiro atoms. The fourth-order valence-corrected chi connectivity index (χ4v) is 2.69. The van der Waals surface area contributed by atoms with E-state index < -0.39 is 0 Å². The number of aromatic nitrogens is 2. The van der Waals surface area contributed by atoms with E-state index in [9.17, 15) is 4.79 Å². The topological polar surface area (TPSA) is 72.9 Å². The second-order valence-electron chi connectivity index (χ2n) is 4.48. The van der Waals surface area contributed by atoms with Gasteiger partial charge < -0.3 is 11.1 Å². The Morgan fingerprint density at radius 1 is 1.50 bits per heavy atom. The van der Waals surface area contributed by atoms with Gasteiger partial charge in [-0.25, -0.2) is 0 Å². The molecule has 1 atom stereocenters. The van der Waals surface area contributed by atoms with Crippen molar-refractivity contribution in [2.45, 2.75) is 26.4 Å². The number of nitrogens with two attached hydrogens (primary N) is 1. The maximum absolute atomic E-state index is 12.3. The van der Waals surface area contributed by atoms with Crippen molar-refractivity contribution in [1.29, 1.82) is 0 Å². The summed E-state index contributed by atoms with van der Waals surface area (Å²) in [6.45, 7) is 4.45. The molecule has 0 saturated heterocycles. The smallest absolute Gasteiger partial charge is 0.272 e. The molecule has 1 unspecified atom stereocenters. The summed E-state index contributed by atoms with van der Waals surface area (Å²) < 4.78 is 2.56. The van der Waals surface area contributed by atoms with Crippen LogP contribution in [0.15, 0.2) is 34.9 Å². The van der Waals surface area contributed by atoms with Gasteiger partial charge in [0.15, 0.2) is 0 Å². The number of rotatable bonds is 4. The highest BCUT2D eigenvalue weighted by atomic mass is 79.9. The average molecular weight is 337 g/mol. The number of aryl methyl sites for hydroxylation is 1. The zero-order valence-electron chi connectivity index (χ0n) is 11.4. The minimum Gasteiger partial charge on any atom is -0.396 e. The van der Waals surface area contributed by atoms with Crippen molar-refractivity contribution in [3.63, 3.8) is 0 Å². The van der Waals surface area contributed by atoms with Gasteiger partial charge in [0.25, 0.3) is 5.91 Å². The first kappa shape index (κ1) is 14.6. The number of hydrogen-bond donors (Lipinski definition) is 2. The van der Waals surface area contributed by atoms with Gasteiger partial charge in [-0.1, -0.05) is 34.1 Å². The van der Waals surface area contributed by atoms with Crippen LogP contribution in [0.1, 0.15) is 35.9 Å². The van der Waals surface area contributed by atoms with Crippen LogP contribution in [0.3, 0.4) is 0 Å². The number of nitrogens with zero attached hydrogens (tertiary/aromatic N) is 2. The molecular weight excluding hydrogens is 320 g/mol. The lowest BCUT2D eigenvalue weighted by molar-refractivity contribution is 0.0930. The Bertz CT molecular complexity index is 623. The van der Waals surface area contributed by atoms with Gasteiger partial charge in [-0.15, -0.1) is 0 Å². The summed E-state index contributed by atoms with van der Waals surface area (Å²) in [7, 11) is 0. The van der Waals surface area contributed by atoms with Gasteiger partial charge in [-0.3, -0.25) is 9.48 Å². The number of anilines is 1. The first-order chi connectivity index (χ1) is 9.54. The molecule has 0 bridgehead atoms. The van der Waals surface area contributed by atoms with Crippen LogP contribution in [0.2, 0.25) is 0 Å². The minimum absolute atomic E-state index is 0.127. The lowest BCUT2D eigenvalue weighted by Crippen LogP contribution is -2.29. The van der Waals surface area contributed by atoms with Crippen LogP contribution < -0.4 is 11.1 Å². The van der Waals surface area contributed by atoms with Crippen molar-refractivity contribution in [1.82, 2.24) is 15.1 Å². The van der Waals surface area contributed by atoms with E-state index in [0.717, 1.165) is 10.0 Å². The average Bonchev–Trinajstić information content (AvgIpc) is 2.80. The summed E-state index contributed by atoms with van der Waals surface area (Å²) in [4.78, 5) is 12.3. The van der Waals surface area contributed by atoms with Gasteiger partial charge >= 0.3 is 0 Å². The Balaban J connectivity index is 2.20. The fraction of sp³-hybridized carbons (Fsp3) is 0.286. The number of carbonyl (C=O) groups excluding carboxylic acids is 1. The molecule has 0 aliphatic rings. The lowest BCUT2D eigenvalue weighted by Gasteiger charge is -2.16. The molecule has 1 amide bonds. The maximum atomic E-state index is 12.3. The first-order valence-electron chi connectivity index (χ1n) is 6.41. The molecule has 2 aromatic rings. The molecule has 2 rings (SSSR count). The summed E-state index contributed by atoms with van der Waals surface area (Å²) in [5, 5.41) is 7.02. The van der Waals surface area contributed by atoms with Crippen molar-refractivity contribution >= 4 is 27.5 Å². The molecule has 5 nitrogen and oxygen atoms in total. The predicted octanol–water partition coefficient (Wildman–Crippen LogP) is 2.74. The van der Waals surface area contributed by atoms with Crippen LogP contribution >= 0.6 is 15.9 Å². The lowest BCUT2D eigenvalue weighted by atomic mass is 10.1. The van der Waals surface area contributed by atoms with E-state index in [-0.39, 0.29) is 11.9 Å². The molecule has 1 aromatic heterocycles. The molecule has 0 aliphatic carbocycles. The monoisotopic (exact) mass is 336 g/mol. The zero-order valence-corrected chi connectivity index (χ0v) is 13.0. The summed E-state index contributed by atoms with van der Waals surface area (Å²) in [6.07, 6.45) is 1.50. The predicted molar refractivity (Wildman–Crippen MR) is 82.3 cm³/mol. The molecule has 20 heavy (non-hydrogen) atoms. The maximum Gasteiger partial charge on any atom is 0.272 e. The van der Waals surface area contributed by atoms with E-state index in [2.05, 4.69) is 26.3 Å². The van der Waals surface area contributed by atoms with Crippen molar-refractivity contribution in [3.05, 3.63) is 46.2 Å². The Kier molecular flexibility index (Phi) is 4.44. The molecule has 0 fully saturated rings. The van der Waals surface area contributed by atoms with Crippen molar-refractivity contribution in [2.24, 2.45) is 0 Å². The van der Waals surface area contributed by atoms with E-state index in [4.69, 9.17) is 5.73 Å². The molecular formula is C14H17BrN4O. The third kappa shape index (κ3) is 2.85. The normalized spacial score (nSPS) is 12.2. The van der Waals surface area contributed by atoms with Gasteiger partial charge in [0.1, 0.15) is 5.69 Å². The zero-order chi connectivity index (χ0) is 14.7. The number of nitrogen functional groups attached to an aromatic ring is 1. The van der Waals surface area contributed by atoms with Crippen LogP contribution in [-0.2, 0) is 6.54 Å². The van der Waals surface area contributed by atoms with E-state index in [1.165, 1.54) is 6.20 Å². The van der Waals surface area contributed by atoms with Crippen LogP contribution in [0.4, 0.5) is 5.69 Å². The number of hydrogen-bond acceptors (Lipinski definition) is 3. The second kappa shape index (κ2) is 6.09. The summed E-state index contributed by atoms with van der Waals surface area (Å²) in [5.74, 6) is -0.217. The Hall–Kier alpha value is -1.82. The van der Waals surface area contributed by atoms with Gasteiger partial charge in [-0.2, -0.15) is 5.10 Å². The van der Waals surface area contributed by atoms with E-state index in [0.29, 0.717) is 17.9 Å². The highest BCUT2D eigenvalue weighted by Crippen LogP contribution is 2.23. The first-order valence-corrected chi connectivity index (χ1v) is 7.20.